The Morgan fingerprint density at radius 2 is 1.65 bits per heavy atom. The van der Waals surface area contributed by atoms with Crippen molar-refractivity contribution in [1.29, 1.82) is 0 Å². The number of hydrogen-bond donors (Lipinski definition) is 0. The van der Waals surface area contributed by atoms with Crippen LogP contribution in [0.5, 0.6) is 0 Å². The first-order valence-corrected chi connectivity index (χ1v) is 7.91. The fraction of sp³-hybridized carbons (Fsp3) is 0.222. The zero-order valence-corrected chi connectivity index (χ0v) is 12.8. The maximum Gasteiger partial charge on any atom is 0.0632 e. The average molecular weight is 281 g/mol. The Morgan fingerprint density at radius 3 is 2.40 bits per heavy atom. The van der Waals surface area contributed by atoms with Crippen molar-refractivity contribution in [3.05, 3.63) is 54.6 Å². The molecule has 2 heteroatoms. The second kappa shape index (κ2) is 5.68. The van der Waals surface area contributed by atoms with E-state index >= 15 is 0 Å². The second-order valence-corrected chi connectivity index (χ2v) is 6.12. The summed E-state index contributed by atoms with van der Waals surface area (Å²) in [4.78, 5) is 3.77. The summed E-state index contributed by atoms with van der Waals surface area (Å²) in [6.45, 7) is 3.31. The van der Waals surface area contributed by atoms with Crippen LogP contribution in [0.15, 0.2) is 54.6 Å². The van der Waals surface area contributed by atoms with Crippen molar-refractivity contribution in [2.75, 3.05) is 18.5 Å². The number of rotatable bonds is 4. The van der Waals surface area contributed by atoms with E-state index in [0.29, 0.717) is 0 Å². The fourth-order valence-electron chi connectivity index (χ4n) is 2.64. The van der Waals surface area contributed by atoms with Gasteiger partial charge < -0.3 is 4.90 Å². The molecule has 0 aliphatic rings. The fourth-order valence-corrected chi connectivity index (χ4v) is 3.90. The molecule has 0 saturated heterocycles. The van der Waals surface area contributed by atoms with Crippen LogP contribution in [0.2, 0.25) is 0 Å². The first-order valence-electron chi connectivity index (χ1n) is 7.09. The van der Waals surface area contributed by atoms with Crippen molar-refractivity contribution in [3.63, 3.8) is 0 Å². The molecule has 0 spiro atoms. The quantitative estimate of drug-likeness (QED) is 0.617. The third kappa shape index (κ3) is 2.32. The normalized spacial score (nSPS) is 10.9. The molecule has 0 amide bonds. The highest BCUT2D eigenvalue weighted by Gasteiger charge is 2.16. The lowest BCUT2D eigenvalue weighted by atomic mass is 10.1. The van der Waals surface area contributed by atoms with E-state index in [9.17, 15) is 0 Å². The molecule has 0 aliphatic carbocycles. The summed E-state index contributed by atoms with van der Waals surface area (Å²) in [6.07, 6.45) is 1.16. The molecular weight excluding hydrogens is 262 g/mol. The van der Waals surface area contributed by atoms with E-state index in [4.69, 9.17) is 0 Å². The predicted molar refractivity (Wildman–Crippen MR) is 90.8 cm³/mol. The maximum absolute atomic E-state index is 2.39. The molecule has 0 radical (unpaired) electrons. The first kappa shape index (κ1) is 13.2. The molecule has 1 nitrogen and oxygen atoms in total. The van der Waals surface area contributed by atoms with Crippen LogP contribution in [-0.2, 0) is 0 Å². The molecule has 0 aliphatic heterocycles. The maximum atomic E-state index is 2.39. The Kier molecular flexibility index (Phi) is 3.75. The largest absolute Gasteiger partial charge is 0.373 e. The van der Waals surface area contributed by atoms with Gasteiger partial charge in [-0.15, -0.1) is 11.3 Å². The van der Waals surface area contributed by atoms with E-state index in [1.54, 1.807) is 0 Å². The van der Waals surface area contributed by atoms with Gasteiger partial charge in [0.1, 0.15) is 0 Å². The lowest BCUT2D eigenvalue weighted by molar-refractivity contribution is 0.857. The van der Waals surface area contributed by atoms with E-state index in [2.05, 4.69) is 73.5 Å². The molecule has 20 heavy (non-hydrogen) atoms. The van der Waals surface area contributed by atoms with Gasteiger partial charge >= 0.3 is 0 Å². The molecule has 0 unspecified atom stereocenters. The van der Waals surface area contributed by atoms with E-state index < -0.39 is 0 Å². The van der Waals surface area contributed by atoms with Gasteiger partial charge in [-0.05, 0) is 18.1 Å². The lowest BCUT2D eigenvalue weighted by Crippen LogP contribution is -2.17. The Labute approximate surface area is 124 Å². The van der Waals surface area contributed by atoms with Crippen molar-refractivity contribution in [2.45, 2.75) is 13.3 Å². The molecular formula is C18H19NS. The third-order valence-corrected chi connectivity index (χ3v) is 4.76. The van der Waals surface area contributed by atoms with Crippen LogP contribution < -0.4 is 4.90 Å². The van der Waals surface area contributed by atoms with Gasteiger partial charge in [-0.3, -0.25) is 0 Å². The monoisotopic (exact) mass is 281 g/mol. The van der Waals surface area contributed by atoms with E-state index in [0.717, 1.165) is 13.0 Å². The van der Waals surface area contributed by atoms with Crippen LogP contribution in [0.25, 0.3) is 20.5 Å². The van der Waals surface area contributed by atoms with E-state index in [1.807, 2.05) is 11.3 Å². The second-order valence-electron chi connectivity index (χ2n) is 5.06. The highest BCUT2D eigenvalue weighted by atomic mass is 32.1. The number of benzene rings is 2. The molecule has 0 N–H and O–H groups in total. The summed E-state index contributed by atoms with van der Waals surface area (Å²) in [5.74, 6) is 0. The van der Waals surface area contributed by atoms with Crippen molar-refractivity contribution in [3.8, 4) is 10.4 Å². The van der Waals surface area contributed by atoms with E-state index in [-0.39, 0.29) is 0 Å². The van der Waals surface area contributed by atoms with Crippen molar-refractivity contribution in [2.24, 2.45) is 0 Å². The molecule has 0 saturated carbocycles. The Hall–Kier alpha value is -1.80. The van der Waals surface area contributed by atoms with Gasteiger partial charge in [0.05, 0.1) is 10.6 Å². The topological polar surface area (TPSA) is 3.24 Å². The minimum Gasteiger partial charge on any atom is -0.373 e. The number of thiophene rings is 1. The summed E-state index contributed by atoms with van der Waals surface area (Å²) in [6, 6.07) is 19.4. The number of fused-ring (bicyclic) bond motifs is 1. The summed E-state index contributed by atoms with van der Waals surface area (Å²) in [5, 5.41) is 1.37. The molecule has 1 heterocycles. The number of anilines is 1. The Balaban J connectivity index is 2.23. The smallest absolute Gasteiger partial charge is 0.0632 e. The average Bonchev–Trinajstić information content (AvgIpc) is 2.88. The summed E-state index contributed by atoms with van der Waals surface area (Å²) < 4.78 is 1.37. The van der Waals surface area contributed by atoms with Crippen LogP contribution in [0.3, 0.4) is 0 Å². The van der Waals surface area contributed by atoms with Gasteiger partial charge in [0.15, 0.2) is 0 Å². The van der Waals surface area contributed by atoms with Gasteiger partial charge in [0.2, 0.25) is 0 Å². The van der Waals surface area contributed by atoms with Crippen molar-refractivity contribution in [1.82, 2.24) is 0 Å². The summed E-state index contributed by atoms with van der Waals surface area (Å²) in [5.41, 5.74) is 2.69. The molecule has 0 bridgehead atoms. The zero-order valence-electron chi connectivity index (χ0n) is 12.0. The standard InChI is InChI=1S/C18H19NS/c1-3-13-19(2)17-15-11-7-8-12-16(15)20-18(17)14-9-5-4-6-10-14/h4-12H,3,13H2,1-2H3. The lowest BCUT2D eigenvalue weighted by Gasteiger charge is -2.20. The van der Waals surface area contributed by atoms with Gasteiger partial charge in [0, 0.05) is 23.7 Å². The SMILES string of the molecule is CCCN(C)c1c(-c2ccccc2)sc2ccccc12. The van der Waals surface area contributed by atoms with Gasteiger partial charge in [0.25, 0.3) is 0 Å². The molecule has 0 atom stereocenters. The predicted octanol–water partition coefficient (Wildman–Crippen LogP) is 5.41. The van der Waals surface area contributed by atoms with Crippen molar-refractivity contribution >= 4 is 27.1 Å². The zero-order chi connectivity index (χ0) is 13.9. The van der Waals surface area contributed by atoms with Gasteiger partial charge in [-0.25, -0.2) is 0 Å². The first-order chi connectivity index (χ1) is 9.81. The minimum atomic E-state index is 1.08. The van der Waals surface area contributed by atoms with Crippen LogP contribution in [0, 0.1) is 0 Å². The van der Waals surface area contributed by atoms with Crippen LogP contribution in [0.1, 0.15) is 13.3 Å². The third-order valence-electron chi connectivity index (χ3n) is 3.55. The van der Waals surface area contributed by atoms with E-state index in [1.165, 1.54) is 26.2 Å². The highest BCUT2D eigenvalue weighted by molar-refractivity contribution is 7.23. The molecule has 1 aromatic heterocycles. The van der Waals surface area contributed by atoms with Crippen LogP contribution >= 0.6 is 11.3 Å². The van der Waals surface area contributed by atoms with Gasteiger partial charge in [-0.2, -0.15) is 0 Å². The Bertz CT molecular complexity index is 700. The highest BCUT2D eigenvalue weighted by Crippen LogP contribution is 2.44. The number of nitrogens with zero attached hydrogens (tertiary/aromatic N) is 1. The van der Waals surface area contributed by atoms with Crippen LogP contribution in [0.4, 0.5) is 5.69 Å². The van der Waals surface area contributed by atoms with Gasteiger partial charge in [-0.1, -0.05) is 55.5 Å². The molecule has 3 rings (SSSR count). The summed E-state index contributed by atoms with van der Waals surface area (Å²) >= 11 is 1.89. The number of hydrogen-bond acceptors (Lipinski definition) is 2. The Morgan fingerprint density at radius 1 is 0.950 bits per heavy atom. The molecule has 3 aromatic rings. The molecule has 0 fully saturated rings. The molecule has 2 aromatic carbocycles. The minimum absolute atomic E-state index is 1.08. The summed E-state index contributed by atoms with van der Waals surface area (Å²) in [7, 11) is 2.20. The van der Waals surface area contributed by atoms with Crippen molar-refractivity contribution < 1.29 is 0 Å². The van der Waals surface area contributed by atoms with Crippen LogP contribution in [-0.4, -0.2) is 13.6 Å². The molecule has 102 valence electrons.